The minimum absolute atomic E-state index is 0.0192. The van der Waals surface area contributed by atoms with Crippen LogP contribution in [0.25, 0.3) is 6.08 Å². The molecule has 3 rings (SSSR count). The van der Waals surface area contributed by atoms with Gasteiger partial charge in [0, 0.05) is 43.0 Å². The van der Waals surface area contributed by atoms with Crippen LogP contribution in [0, 0.1) is 0 Å². The fourth-order valence-electron chi connectivity index (χ4n) is 4.08. The number of carbonyl (C=O) groups is 1. The zero-order valence-electron chi connectivity index (χ0n) is 18.0. The van der Waals surface area contributed by atoms with Crippen molar-refractivity contribution in [3.63, 3.8) is 0 Å². The average molecular weight is 402 g/mol. The Morgan fingerprint density at radius 1 is 1.36 bits per heavy atom. The SMILES string of the molecule is CCN=C1S/C(=C/c2cc3c(cc2OC)N(C)C(C)(C)CC3C)C(=O)N1CC. The molecule has 2 aliphatic rings. The first kappa shape index (κ1) is 20.8. The first-order chi connectivity index (χ1) is 13.2. The van der Waals surface area contributed by atoms with Crippen molar-refractivity contribution in [3.05, 3.63) is 28.2 Å². The standard InChI is InChI=1S/C22H31N3O2S/c1-8-23-21-25(9-2)20(26)19(28-21)11-15-10-16-14(3)13-22(4,5)24(6)17(16)12-18(15)27-7/h10-12,14H,8-9,13H2,1-7H3/b19-11+,23-21?. The van der Waals surface area contributed by atoms with E-state index in [2.05, 4.69) is 49.8 Å². The van der Waals surface area contributed by atoms with E-state index in [1.54, 1.807) is 12.0 Å². The fourth-order valence-corrected chi connectivity index (χ4v) is 5.18. The number of amidine groups is 1. The van der Waals surface area contributed by atoms with Gasteiger partial charge in [-0.3, -0.25) is 14.7 Å². The van der Waals surface area contributed by atoms with Gasteiger partial charge in [-0.15, -0.1) is 0 Å². The first-order valence-electron chi connectivity index (χ1n) is 9.95. The third-order valence-corrected chi connectivity index (χ3v) is 6.81. The second-order valence-electron chi connectivity index (χ2n) is 8.05. The second kappa shape index (κ2) is 7.82. The normalized spacial score (nSPS) is 24.2. The number of amides is 1. The molecule has 0 aliphatic carbocycles. The Morgan fingerprint density at radius 2 is 2.07 bits per heavy atom. The molecule has 5 nitrogen and oxygen atoms in total. The molecule has 28 heavy (non-hydrogen) atoms. The Morgan fingerprint density at radius 3 is 2.68 bits per heavy atom. The van der Waals surface area contributed by atoms with Crippen LogP contribution in [-0.4, -0.2) is 48.8 Å². The van der Waals surface area contributed by atoms with Crippen molar-refractivity contribution in [2.24, 2.45) is 4.99 Å². The van der Waals surface area contributed by atoms with Crippen molar-refractivity contribution < 1.29 is 9.53 Å². The van der Waals surface area contributed by atoms with Crippen LogP contribution in [0.5, 0.6) is 5.75 Å². The zero-order chi connectivity index (χ0) is 20.6. The van der Waals surface area contributed by atoms with Gasteiger partial charge in [-0.1, -0.05) is 6.92 Å². The summed E-state index contributed by atoms with van der Waals surface area (Å²) in [7, 11) is 3.83. The molecule has 1 atom stereocenters. The van der Waals surface area contributed by atoms with E-state index < -0.39 is 0 Å². The van der Waals surface area contributed by atoms with Crippen LogP contribution < -0.4 is 9.64 Å². The number of nitrogens with zero attached hydrogens (tertiary/aromatic N) is 3. The Labute approximate surface area is 172 Å². The number of likely N-dealkylation sites (N-methyl/N-ethyl adjacent to an activating group) is 1. The molecular formula is C22H31N3O2S. The molecule has 0 radical (unpaired) electrons. The highest BCUT2D eigenvalue weighted by molar-refractivity contribution is 8.18. The number of benzene rings is 1. The van der Waals surface area contributed by atoms with Crippen LogP contribution in [0.2, 0.25) is 0 Å². The molecule has 2 heterocycles. The number of thioether (sulfide) groups is 1. The maximum atomic E-state index is 12.8. The molecule has 0 saturated carbocycles. The highest BCUT2D eigenvalue weighted by atomic mass is 32.2. The maximum Gasteiger partial charge on any atom is 0.266 e. The smallest absolute Gasteiger partial charge is 0.266 e. The summed E-state index contributed by atoms with van der Waals surface area (Å²) in [5, 5.41) is 0.785. The molecule has 1 aromatic carbocycles. The summed E-state index contributed by atoms with van der Waals surface area (Å²) in [6, 6.07) is 4.30. The Bertz CT molecular complexity index is 844. The summed E-state index contributed by atoms with van der Waals surface area (Å²) >= 11 is 1.45. The molecule has 1 saturated heterocycles. The lowest BCUT2D eigenvalue weighted by Gasteiger charge is -2.45. The number of fused-ring (bicyclic) bond motifs is 1. The second-order valence-corrected chi connectivity index (χ2v) is 9.06. The summed E-state index contributed by atoms with van der Waals surface area (Å²) in [6.07, 6.45) is 3.04. The molecule has 6 heteroatoms. The van der Waals surface area contributed by atoms with Gasteiger partial charge in [-0.05, 0) is 69.5 Å². The number of hydrogen-bond donors (Lipinski definition) is 0. The van der Waals surface area contributed by atoms with Crippen LogP contribution in [0.1, 0.15) is 58.1 Å². The van der Waals surface area contributed by atoms with Crippen LogP contribution in [-0.2, 0) is 4.79 Å². The van der Waals surface area contributed by atoms with Gasteiger partial charge < -0.3 is 9.64 Å². The van der Waals surface area contributed by atoms with Crippen molar-refractivity contribution in [1.29, 1.82) is 0 Å². The van der Waals surface area contributed by atoms with Crippen molar-refractivity contribution in [1.82, 2.24) is 4.90 Å². The van der Waals surface area contributed by atoms with Gasteiger partial charge >= 0.3 is 0 Å². The van der Waals surface area contributed by atoms with Gasteiger partial charge in [0.1, 0.15) is 5.75 Å². The maximum absolute atomic E-state index is 12.8. The first-order valence-corrected chi connectivity index (χ1v) is 10.8. The summed E-state index contributed by atoms with van der Waals surface area (Å²) < 4.78 is 5.70. The highest BCUT2D eigenvalue weighted by Gasteiger charge is 2.36. The number of hydrogen-bond acceptors (Lipinski definition) is 5. The molecule has 0 aromatic heterocycles. The van der Waals surface area contributed by atoms with Crippen molar-refractivity contribution in [3.8, 4) is 5.75 Å². The monoisotopic (exact) mass is 401 g/mol. The average Bonchev–Trinajstić information content (AvgIpc) is 2.94. The predicted octanol–water partition coefficient (Wildman–Crippen LogP) is 4.73. The van der Waals surface area contributed by atoms with Gasteiger partial charge in [0.2, 0.25) is 0 Å². The van der Waals surface area contributed by atoms with E-state index >= 15 is 0 Å². The number of aliphatic imine (C=N–C) groups is 1. The molecule has 1 unspecified atom stereocenters. The highest BCUT2D eigenvalue weighted by Crippen LogP contribution is 2.45. The third-order valence-electron chi connectivity index (χ3n) is 5.77. The van der Waals surface area contributed by atoms with Crippen molar-refractivity contribution >= 4 is 34.6 Å². The molecule has 152 valence electrons. The minimum atomic E-state index is 0.0192. The molecular weight excluding hydrogens is 370 g/mol. The third kappa shape index (κ3) is 3.54. The molecule has 0 spiro atoms. The number of methoxy groups -OCH3 is 1. The van der Waals surface area contributed by atoms with Crippen LogP contribution in [0.4, 0.5) is 5.69 Å². The minimum Gasteiger partial charge on any atom is -0.496 e. The summed E-state index contributed by atoms with van der Waals surface area (Å²) in [5.74, 6) is 1.26. The predicted molar refractivity (Wildman–Crippen MR) is 119 cm³/mol. The zero-order valence-corrected chi connectivity index (χ0v) is 18.8. The molecule has 1 amide bonds. The van der Waals surface area contributed by atoms with Gasteiger partial charge in [-0.25, -0.2) is 0 Å². The Balaban J connectivity index is 2.07. The lowest BCUT2D eigenvalue weighted by atomic mass is 9.80. The summed E-state index contributed by atoms with van der Waals surface area (Å²) in [5.41, 5.74) is 3.56. The Kier molecular flexibility index (Phi) is 5.80. The number of ether oxygens (including phenoxy) is 1. The van der Waals surface area contributed by atoms with E-state index in [0.29, 0.717) is 23.9 Å². The molecule has 0 N–H and O–H groups in total. The van der Waals surface area contributed by atoms with Crippen LogP contribution in [0.15, 0.2) is 22.0 Å². The molecule has 1 aromatic rings. The van der Waals surface area contributed by atoms with Crippen LogP contribution >= 0.6 is 11.8 Å². The Hall–Kier alpha value is -1.95. The van der Waals surface area contributed by atoms with E-state index in [-0.39, 0.29) is 11.4 Å². The number of carbonyl (C=O) groups excluding carboxylic acids is 1. The van der Waals surface area contributed by atoms with E-state index in [4.69, 9.17) is 4.74 Å². The topological polar surface area (TPSA) is 45.1 Å². The van der Waals surface area contributed by atoms with Gasteiger partial charge in [-0.2, -0.15) is 0 Å². The molecule has 2 aliphatic heterocycles. The van der Waals surface area contributed by atoms with Crippen molar-refractivity contribution in [2.45, 2.75) is 52.5 Å². The quantitative estimate of drug-likeness (QED) is 0.684. The number of rotatable bonds is 4. The summed E-state index contributed by atoms with van der Waals surface area (Å²) in [4.78, 5) is 22.1. The van der Waals surface area contributed by atoms with E-state index in [9.17, 15) is 4.79 Å². The lowest BCUT2D eigenvalue weighted by Crippen LogP contribution is -2.45. The van der Waals surface area contributed by atoms with Gasteiger partial charge in [0.05, 0.1) is 12.0 Å². The largest absolute Gasteiger partial charge is 0.496 e. The van der Waals surface area contributed by atoms with E-state index in [1.807, 2.05) is 19.9 Å². The number of anilines is 1. The molecule has 0 bridgehead atoms. The lowest BCUT2D eigenvalue weighted by molar-refractivity contribution is -0.122. The van der Waals surface area contributed by atoms with Crippen LogP contribution in [0.3, 0.4) is 0 Å². The molecule has 1 fully saturated rings. The van der Waals surface area contributed by atoms with E-state index in [1.165, 1.54) is 23.0 Å². The van der Waals surface area contributed by atoms with E-state index in [0.717, 1.165) is 22.9 Å². The fraction of sp³-hybridized carbons (Fsp3) is 0.545. The summed E-state index contributed by atoms with van der Waals surface area (Å²) in [6.45, 7) is 12.1. The van der Waals surface area contributed by atoms with Gasteiger partial charge in [0.25, 0.3) is 5.91 Å². The van der Waals surface area contributed by atoms with Gasteiger partial charge in [0.15, 0.2) is 5.17 Å². The van der Waals surface area contributed by atoms with Crippen molar-refractivity contribution in [2.75, 3.05) is 32.1 Å².